The van der Waals surface area contributed by atoms with E-state index in [1.54, 1.807) is 38.1 Å². The maximum Gasteiger partial charge on any atom is 0.194 e. The second-order valence-electron chi connectivity index (χ2n) is 11.6. The van der Waals surface area contributed by atoms with Crippen LogP contribution in [0.1, 0.15) is 54.4 Å². The normalized spacial score (nSPS) is 14.7. The Kier molecular flexibility index (Phi) is 7.60. The number of rotatable bonds is 2. The number of hydrogen-bond acceptors (Lipinski definition) is 10. The van der Waals surface area contributed by atoms with Gasteiger partial charge in [-0.2, -0.15) is 21.0 Å². The van der Waals surface area contributed by atoms with Gasteiger partial charge in [0.2, 0.25) is 0 Å². The summed E-state index contributed by atoms with van der Waals surface area (Å²) < 4.78 is 56.6. The van der Waals surface area contributed by atoms with Crippen molar-refractivity contribution >= 4 is 56.9 Å². The Morgan fingerprint density at radius 3 is 1.21 bits per heavy atom. The third-order valence-corrected chi connectivity index (χ3v) is 8.71. The molecule has 14 heteroatoms. The van der Waals surface area contributed by atoms with Crippen molar-refractivity contribution < 1.29 is 27.2 Å². The standard InChI is InChI=1S/C38H14F4N8O2/c1-15-33-36(50-20(13-47-33)4-26-32(18(11-45)12-46)22-6-28(40)30(42)8-24(22)38(26)52)16(2)34-35(15)49-19(14-48-34)3-25-31(17(9-43)10-44)21-5-27(39)29(41)7-23(21)37(25)51/h3-8,13-14H,1-2H3/b25-3-,26-4-. The van der Waals surface area contributed by atoms with Gasteiger partial charge in [-0.05, 0) is 61.4 Å². The van der Waals surface area contributed by atoms with Crippen LogP contribution in [0, 0.1) is 82.4 Å². The van der Waals surface area contributed by atoms with E-state index in [1.807, 2.05) is 0 Å². The minimum atomic E-state index is -1.27. The number of nitrogens with zero attached hydrogens (tertiary/aromatic N) is 8. The lowest BCUT2D eigenvalue weighted by molar-refractivity contribution is 0.103. The average Bonchev–Trinajstić information content (AvgIpc) is 3.53. The largest absolute Gasteiger partial charge is 0.289 e. The minimum absolute atomic E-state index is 0.109. The molecule has 0 aliphatic heterocycles. The molecule has 52 heavy (non-hydrogen) atoms. The molecule has 0 saturated carbocycles. The van der Waals surface area contributed by atoms with Gasteiger partial charge in [0.15, 0.2) is 34.8 Å². The third kappa shape index (κ3) is 4.83. The van der Waals surface area contributed by atoms with E-state index in [0.717, 1.165) is 12.1 Å². The van der Waals surface area contributed by atoms with Crippen molar-refractivity contribution in [2.45, 2.75) is 13.8 Å². The number of fused-ring (bicyclic) bond motifs is 4. The molecule has 0 radical (unpaired) electrons. The summed E-state index contributed by atoms with van der Waals surface area (Å²) in [7, 11) is 0. The summed E-state index contributed by atoms with van der Waals surface area (Å²) >= 11 is 0. The van der Waals surface area contributed by atoms with Crippen LogP contribution in [0.2, 0.25) is 0 Å². The molecule has 0 amide bonds. The number of aryl methyl sites for hydroxylation is 2. The number of nitriles is 4. The molecule has 2 heterocycles. The van der Waals surface area contributed by atoms with Gasteiger partial charge in [-0.1, -0.05) is 0 Å². The number of carbonyl (C=O) groups excluding carboxylic acids is 2. The first kappa shape index (κ1) is 32.8. The summed E-state index contributed by atoms with van der Waals surface area (Å²) in [5.74, 6) is -6.57. The molecule has 5 aromatic rings. The van der Waals surface area contributed by atoms with Crippen molar-refractivity contribution in [3.63, 3.8) is 0 Å². The maximum atomic E-state index is 14.2. The average molecular weight is 691 g/mol. The van der Waals surface area contributed by atoms with Gasteiger partial charge >= 0.3 is 0 Å². The molecular formula is C38H14F4N8O2. The van der Waals surface area contributed by atoms with E-state index in [1.165, 1.54) is 24.5 Å². The molecule has 246 valence electrons. The molecule has 0 spiro atoms. The fraction of sp³-hybridized carbons (Fsp3) is 0.0526. The number of aromatic nitrogens is 4. The van der Waals surface area contributed by atoms with E-state index >= 15 is 0 Å². The van der Waals surface area contributed by atoms with Crippen molar-refractivity contribution in [1.82, 2.24) is 19.9 Å². The Balaban J connectivity index is 1.36. The zero-order valence-electron chi connectivity index (χ0n) is 26.5. The number of Topliss-reactive ketones (excluding diaryl/α,β-unsaturated/α-hetero) is 2. The molecule has 7 rings (SSSR count). The first-order valence-electron chi connectivity index (χ1n) is 15.0. The van der Waals surface area contributed by atoms with Gasteiger partial charge in [-0.3, -0.25) is 19.6 Å². The Hall–Kier alpha value is -7.68. The Bertz CT molecular complexity index is 2670. The van der Waals surface area contributed by atoms with Crippen molar-refractivity contribution in [2.24, 2.45) is 0 Å². The molecular weight excluding hydrogens is 676 g/mol. The highest BCUT2D eigenvalue weighted by Crippen LogP contribution is 2.42. The van der Waals surface area contributed by atoms with Crippen LogP contribution in [0.3, 0.4) is 0 Å². The second kappa shape index (κ2) is 12.0. The topological polar surface area (TPSA) is 181 Å². The zero-order chi connectivity index (χ0) is 37.2. The van der Waals surface area contributed by atoms with Crippen LogP contribution in [0.5, 0.6) is 0 Å². The van der Waals surface area contributed by atoms with Gasteiger partial charge in [-0.15, -0.1) is 0 Å². The lowest BCUT2D eigenvalue weighted by atomic mass is 9.98. The quantitative estimate of drug-likeness (QED) is 0.0817. The lowest BCUT2D eigenvalue weighted by Gasteiger charge is -2.11. The molecule has 0 bridgehead atoms. The van der Waals surface area contributed by atoms with Gasteiger partial charge in [0.25, 0.3) is 0 Å². The van der Waals surface area contributed by atoms with Crippen LogP contribution in [0.25, 0.3) is 45.4 Å². The highest BCUT2D eigenvalue weighted by Gasteiger charge is 2.36. The molecule has 2 aromatic heterocycles. The van der Waals surface area contributed by atoms with E-state index in [-0.39, 0.29) is 55.9 Å². The van der Waals surface area contributed by atoms with Gasteiger partial charge in [0.05, 0.1) is 45.8 Å². The van der Waals surface area contributed by atoms with Gasteiger partial charge < -0.3 is 0 Å². The van der Waals surface area contributed by atoms with Crippen LogP contribution in [0.15, 0.2) is 59.0 Å². The third-order valence-electron chi connectivity index (χ3n) is 8.71. The van der Waals surface area contributed by atoms with Crippen molar-refractivity contribution in [2.75, 3.05) is 0 Å². The SMILES string of the molecule is Cc1c2ncc(/C=C3\C(=O)c4cc(F)c(F)cc4C3=C(C#N)C#N)nc2c(C)c2ncc(/C=C3\C(=O)c4cc(F)c(F)cc4C3=C(C#N)C#N)nc12. The first-order valence-corrected chi connectivity index (χ1v) is 15.0. The van der Waals surface area contributed by atoms with E-state index < -0.39 is 46.0 Å². The molecule has 2 aliphatic carbocycles. The summed E-state index contributed by atoms with van der Waals surface area (Å²) in [5.41, 5.74) is 0.310. The Morgan fingerprint density at radius 1 is 0.558 bits per heavy atom. The van der Waals surface area contributed by atoms with Gasteiger partial charge in [-0.25, -0.2) is 27.5 Å². The highest BCUT2D eigenvalue weighted by molar-refractivity contribution is 6.30. The monoisotopic (exact) mass is 690 g/mol. The zero-order valence-corrected chi connectivity index (χ0v) is 26.5. The highest BCUT2D eigenvalue weighted by atomic mass is 19.2. The van der Waals surface area contributed by atoms with Crippen LogP contribution >= 0.6 is 0 Å². The smallest absolute Gasteiger partial charge is 0.194 e. The van der Waals surface area contributed by atoms with Crippen LogP contribution < -0.4 is 0 Å². The summed E-state index contributed by atoms with van der Waals surface area (Å²) in [6, 6.07) is 9.72. The van der Waals surface area contributed by atoms with Gasteiger partial charge in [0.1, 0.15) is 35.4 Å². The van der Waals surface area contributed by atoms with E-state index in [0.29, 0.717) is 45.3 Å². The number of hydrogen-bond donors (Lipinski definition) is 0. The van der Waals surface area contributed by atoms with Crippen LogP contribution in [-0.4, -0.2) is 31.5 Å². The first-order chi connectivity index (χ1) is 24.9. The van der Waals surface area contributed by atoms with Crippen molar-refractivity contribution in [3.05, 3.63) is 127 Å². The number of carbonyl (C=O) groups is 2. The summed E-state index contributed by atoms with van der Waals surface area (Å²) in [6.45, 7) is 3.37. The van der Waals surface area contributed by atoms with Crippen LogP contribution in [0.4, 0.5) is 17.6 Å². The molecule has 3 aromatic carbocycles. The van der Waals surface area contributed by atoms with Gasteiger partial charge in [0, 0.05) is 44.5 Å². The predicted molar refractivity (Wildman–Crippen MR) is 176 cm³/mol. The minimum Gasteiger partial charge on any atom is -0.289 e. The predicted octanol–water partition coefficient (Wildman–Crippen LogP) is 6.91. The van der Waals surface area contributed by atoms with E-state index in [4.69, 9.17) is 0 Å². The molecule has 0 saturated heterocycles. The number of ketones is 2. The van der Waals surface area contributed by atoms with E-state index in [2.05, 4.69) is 19.9 Å². The molecule has 10 nitrogen and oxygen atoms in total. The molecule has 0 fully saturated rings. The van der Waals surface area contributed by atoms with Crippen molar-refractivity contribution in [3.8, 4) is 24.3 Å². The van der Waals surface area contributed by atoms with Crippen molar-refractivity contribution in [1.29, 1.82) is 21.0 Å². The second-order valence-corrected chi connectivity index (χ2v) is 11.6. The molecule has 0 atom stereocenters. The summed E-state index contributed by atoms with van der Waals surface area (Å²) in [4.78, 5) is 45.1. The molecule has 0 N–H and O–H groups in total. The Morgan fingerprint density at radius 2 is 0.885 bits per heavy atom. The lowest BCUT2D eigenvalue weighted by Crippen LogP contribution is -2.01. The number of benzene rings is 3. The molecule has 2 aliphatic rings. The fourth-order valence-electron chi connectivity index (χ4n) is 6.31. The summed E-state index contributed by atoms with van der Waals surface area (Å²) in [6.07, 6.45) is 5.17. The maximum absolute atomic E-state index is 14.2. The number of halogens is 4. The fourth-order valence-corrected chi connectivity index (χ4v) is 6.31. The Labute approximate surface area is 289 Å². The van der Waals surface area contributed by atoms with Crippen LogP contribution in [-0.2, 0) is 0 Å². The number of allylic oxidation sites excluding steroid dienone is 6. The molecule has 0 unspecified atom stereocenters. The summed E-state index contributed by atoms with van der Waals surface area (Å²) in [5, 5.41) is 38.4. The van der Waals surface area contributed by atoms with E-state index in [9.17, 15) is 48.2 Å².